The van der Waals surface area contributed by atoms with Gasteiger partial charge in [0.1, 0.15) is 11.7 Å². The highest BCUT2D eigenvalue weighted by molar-refractivity contribution is 6.23. The lowest BCUT2D eigenvalue weighted by Crippen LogP contribution is -2.37. The molecule has 0 radical (unpaired) electrons. The molecule has 184 valence electrons. The maximum Gasteiger partial charge on any atom is 0.269 e. The fourth-order valence-electron chi connectivity index (χ4n) is 4.65. The van der Waals surface area contributed by atoms with Gasteiger partial charge in [-0.05, 0) is 48.4 Å². The summed E-state index contributed by atoms with van der Waals surface area (Å²) in [5.74, 6) is -1.11. The summed E-state index contributed by atoms with van der Waals surface area (Å²) in [6, 6.07) is 21.3. The van der Waals surface area contributed by atoms with Crippen LogP contribution in [0.25, 0.3) is 0 Å². The lowest BCUT2D eigenvalue weighted by molar-refractivity contribution is -0.384. The molecule has 0 spiro atoms. The second-order valence-electron chi connectivity index (χ2n) is 8.72. The predicted octanol–water partition coefficient (Wildman–Crippen LogP) is 4.82. The number of benzene rings is 3. The molecule has 0 aromatic heterocycles. The molecule has 2 saturated heterocycles. The summed E-state index contributed by atoms with van der Waals surface area (Å²) in [4.78, 5) is 45.3. The molecule has 9 heteroatoms. The number of hydrogen-bond donors (Lipinski definition) is 0. The zero-order chi connectivity index (χ0) is 25.2. The number of nitro benzene ring substituents is 1. The van der Waals surface area contributed by atoms with Crippen LogP contribution < -0.4 is 14.7 Å². The third-order valence-corrected chi connectivity index (χ3v) is 6.41. The Kier molecular flexibility index (Phi) is 6.39. The number of carbonyl (C=O) groups is 2. The molecule has 3 aromatic carbocycles. The van der Waals surface area contributed by atoms with Crippen molar-refractivity contribution in [3.05, 3.63) is 94.5 Å². The van der Waals surface area contributed by atoms with Crippen molar-refractivity contribution in [1.29, 1.82) is 0 Å². The van der Waals surface area contributed by atoms with Crippen LogP contribution in [0.1, 0.15) is 31.4 Å². The standard InChI is InChI=1S/C27H25N3O6/c1-2-3-16-35-22-14-12-19(13-15-22)28-26(31)23-24(18-8-7-11-21(17-18)30(33)34)29(36-25(23)27(28)32)20-9-5-4-6-10-20/h4-15,17,23-25H,2-3,16H2,1H3. The van der Waals surface area contributed by atoms with Crippen molar-refractivity contribution in [3.63, 3.8) is 0 Å². The highest BCUT2D eigenvalue weighted by Gasteiger charge is 2.60. The molecule has 36 heavy (non-hydrogen) atoms. The van der Waals surface area contributed by atoms with Crippen LogP contribution in [-0.4, -0.2) is 29.4 Å². The number of non-ortho nitro benzene ring substituents is 1. The predicted molar refractivity (Wildman–Crippen MR) is 132 cm³/mol. The third kappa shape index (κ3) is 4.18. The Morgan fingerprint density at radius 1 is 0.944 bits per heavy atom. The minimum absolute atomic E-state index is 0.101. The summed E-state index contributed by atoms with van der Waals surface area (Å²) in [6.07, 6.45) is 0.897. The Bertz CT molecular complexity index is 1280. The van der Waals surface area contributed by atoms with E-state index in [1.165, 1.54) is 17.2 Å². The number of imide groups is 1. The highest BCUT2D eigenvalue weighted by Crippen LogP contribution is 2.48. The molecular weight excluding hydrogens is 462 g/mol. The SMILES string of the molecule is CCCCOc1ccc(N2C(=O)C3ON(c4ccccc4)C(c4cccc([N+](=O)[O-])c4)C3C2=O)cc1. The monoisotopic (exact) mass is 487 g/mol. The van der Waals surface area contributed by atoms with Crippen molar-refractivity contribution < 1.29 is 24.1 Å². The molecule has 0 aliphatic carbocycles. The second kappa shape index (κ2) is 9.79. The van der Waals surface area contributed by atoms with E-state index in [1.807, 2.05) is 18.2 Å². The lowest BCUT2D eigenvalue weighted by Gasteiger charge is -2.28. The topological polar surface area (TPSA) is 102 Å². The molecule has 2 aliphatic rings. The molecule has 3 atom stereocenters. The zero-order valence-corrected chi connectivity index (χ0v) is 19.7. The van der Waals surface area contributed by atoms with Crippen molar-refractivity contribution in [2.75, 3.05) is 16.6 Å². The van der Waals surface area contributed by atoms with Crippen molar-refractivity contribution in [1.82, 2.24) is 0 Å². The largest absolute Gasteiger partial charge is 0.494 e. The van der Waals surface area contributed by atoms with E-state index in [2.05, 4.69) is 6.92 Å². The van der Waals surface area contributed by atoms with Gasteiger partial charge >= 0.3 is 0 Å². The smallest absolute Gasteiger partial charge is 0.269 e. The van der Waals surface area contributed by atoms with Gasteiger partial charge in [0.2, 0.25) is 5.91 Å². The normalized spacial score (nSPS) is 21.1. The summed E-state index contributed by atoms with van der Waals surface area (Å²) in [5.41, 5.74) is 1.48. The van der Waals surface area contributed by atoms with Crippen LogP contribution in [0.4, 0.5) is 17.1 Å². The summed E-state index contributed by atoms with van der Waals surface area (Å²) >= 11 is 0. The van der Waals surface area contributed by atoms with Gasteiger partial charge in [0.05, 0.1) is 28.9 Å². The Labute approximate surface area is 207 Å². The van der Waals surface area contributed by atoms with E-state index in [0.717, 1.165) is 17.7 Å². The quantitative estimate of drug-likeness (QED) is 0.194. The summed E-state index contributed by atoms with van der Waals surface area (Å²) in [5, 5.41) is 13.0. The number of rotatable bonds is 8. The van der Waals surface area contributed by atoms with E-state index >= 15 is 0 Å². The number of amides is 2. The van der Waals surface area contributed by atoms with Gasteiger partial charge in [0.15, 0.2) is 6.10 Å². The number of anilines is 2. The van der Waals surface area contributed by atoms with Gasteiger partial charge < -0.3 is 4.74 Å². The highest BCUT2D eigenvalue weighted by atomic mass is 16.7. The number of nitrogens with zero attached hydrogens (tertiary/aromatic N) is 3. The first-order valence-corrected chi connectivity index (χ1v) is 11.9. The van der Waals surface area contributed by atoms with Crippen molar-refractivity contribution >= 4 is 28.9 Å². The number of nitro groups is 1. The Morgan fingerprint density at radius 2 is 1.69 bits per heavy atom. The molecule has 2 fully saturated rings. The average molecular weight is 488 g/mol. The van der Waals surface area contributed by atoms with E-state index < -0.39 is 34.8 Å². The molecule has 3 unspecified atom stereocenters. The zero-order valence-electron chi connectivity index (χ0n) is 19.7. The minimum atomic E-state index is -1.05. The summed E-state index contributed by atoms with van der Waals surface area (Å²) in [6.45, 7) is 2.67. The van der Waals surface area contributed by atoms with Crippen LogP contribution >= 0.6 is 0 Å². The summed E-state index contributed by atoms with van der Waals surface area (Å²) in [7, 11) is 0. The van der Waals surface area contributed by atoms with Crippen molar-refractivity contribution in [3.8, 4) is 5.75 Å². The maximum atomic E-state index is 13.7. The fourth-order valence-corrected chi connectivity index (χ4v) is 4.65. The van der Waals surface area contributed by atoms with Gasteiger partial charge in [-0.3, -0.25) is 24.5 Å². The van der Waals surface area contributed by atoms with Crippen molar-refractivity contribution in [2.45, 2.75) is 31.9 Å². The Balaban J connectivity index is 1.49. The first kappa shape index (κ1) is 23.5. The second-order valence-corrected chi connectivity index (χ2v) is 8.72. The number of para-hydroxylation sites is 1. The minimum Gasteiger partial charge on any atom is -0.494 e. The molecule has 9 nitrogen and oxygen atoms in total. The number of ether oxygens (including phenoxy) is 1. The fraction of sp³-hybridized carbons (Fsp3) is 0.259. The molecule has 2 amide bonds. The van der Waals surface area contributed by atoms with Gasteiger partial charge in [-0.25, -0.2) is 9.96 Å². The Morgan fingerprint density at radius 3 is 2.39 bits per heavy atom. The van der Waals surface area contributed by atoms with E-state index in [0.29, 0.717) is 29.3 Å². The number of hydroxylamine groups is 1. The van der Waals surface area contributed by atoms with E-state index in [-0.39, 0.29) is 5.69 Å². The molecule has 0 bridgehead atoms. The first-order chi connectivity index (χ1) is 17.5. The van der Waals surface area contributed by atoms with Gasteiger partial charge in [0.25, 0.3) is 11.6 Å². The molecule has 2 heterocycles. The van der Waals surface area contributed by atoms with Crippen LogP contribution in [-0.2, 0) is 14.4 Å². The first-order valence-electron chi connectivity index (χ1n) is 11.9. The van der Waals surface area contributed by atoms with Crippen LogP contribution in [0, 0.1) is 16.0 Å². The van der Waals surface area contributed by atoms with Crippen LogP contribution in [0.2, 0.25) is 0 Å². The molecule has 0 saturated carbocycles. The summed E-state index contributed by atoms with van der Waals surface area (Å²) < 4.78 is 5.69. The van der Waals surface area contributed by atoms with Gasteiger partial charge in [-0.1, -0.05) is 43.7 Å². The third-order valence-electron chi connectivity index (χ3n) is 6.41. The van der Waals surface area contributed by atoms with E-state index in [1.54, 1.807) is 48.5 Å². The molecule has 0 N–H and O–H groups in total. The lowest BCUT2D eigenvalue weighted by atomic mass is 9.90. The van der Waals surface area contributed by atoms with Gasteiger partial charge in [-0.15, -0.1) is 0 Å². The number of carbonyl (C=O) groups excluding carboxylic acids is 2. The maximum absolute atomic E-state index is 13.7. The van der Waals surface area contributed by atoms with E-state index in [9.17, 15) is 19.7 Å². The molecule has 2 aliphatic heterocycles. The Hall–Kier alpha value is -4.24. The number of hydrogen-bond acceptors (Lipinski definition) is 7. The number of unbranched alkanes of at least 4 members (excludes halogenated alkanes) is 1. The number of fused-ring (bicyclic) bond motifs is 1. The molecule has 5 rings (SSSR count). The molecule has 3 aromatic rings. The van der Waals surface area contributed by atoms with E-state index in [4.69, 9.17) is 9.57 Å². The van der Waals surface area contributed by atoms with Crippen LogP contribution in [0.15, 0.2) is 78.9 Å². The van der Waals surface area contributed by atoms with Gasteiger partial charge in [0, 0.05) is 12.1 Å². The molecular formula is C27H25N3O6. The van der Waals surface area contributed by atoms with Crippen LogP contribution in [0.3, 0.4) is 0 Å². The van der Waals surface area contributed by atoms with Crippen molar-refractivity contribution in [2.24, 2.45) is 5.92 Å². The average Bonchev–Trinajstić information content (AvgIpc) is 3.41. The van der Waals surface area contributed by atoms with Crippen LogP contribution in [0.5, 0.6) is 5.75 Å². The van der Waals surface area contributed by atoms with Gasteiger partial charge in [-0.2, -0.15) is 0 Å².